The van der Waals surface area contributed by atoms with Crippen molar-refractivity contribution in [1.29, 1.82) is 0 Å². The van der Waals surface area contributed by atoms with E-state index in [2.05, 4.69) is 4.99 Å². The number of aliphatic imine (C=N–C) groups is 1. The van der Waals surface area contributed by atoms with Crippen molar-refractivity contribution in [2.45, 2.75) is 0 Å². The summed E-state index contributed by atoms with van der Waals surface area (Å²) in [6.07, 6.45) is 1.42. The van der Waals surface area contributed by atoms with Crippen LogP contribution in [0.5, 0.6) is 0 Å². The van der Waals surface area contributed by atoms with Crippen molar-refractivity contribution >= 4 is 34.2 Å². The summed E-state index contributed by atoms with van der Waals surface area (Å²) in [6.45, 7) is 0. The second kappa shape index (κ2) is 2.36. The standard InChI is InChI=1S/C5HCl2N2/c6-4-1-3(2-8)9-5(4)7/h1H/q-1. The third-order valence-electron chi connectivity index (χ3n) is 0.794. The Balaban J connectivity index is 3.10. The fraction of sp³-hybridized carbons (Fsp3) is 0. The quantitative estimate of drug-likeness (QED) is 0.485. The van der Waals surface area contributed by atoms with Crippen LogP contribution in [0.2, 0.25) is 0 Å². The Labute approximate surface area is 62.0 Å². The minimum absolute atomic E-state index is 0.188. The molecule has 0 spiro atoms. The molecule has 46 valence electrons. The molecule has 0 amide bonds. The first-order valence-electron chi connectivity index (χ1n) is 2.13. The summed E-state index contributed by atoms with van der Waals surface area (Å²) < 4.78 is 0. The van der Waals surface area contributed by atoms with Gasteiger partial charge in [0.1, 0.15) is 5.17 Å². The Bertz CT molecular complexity index is 226. The number of halogens is 2. The van der Waals surface area contributed by atoms with Gasteiger partial charge in [-0.2, -0.15) is 0 Å². The molecule has 0 radical (unpaired) electrons. The minimum atomic E-state index is 0.188. The summed E-state index contributed by atoms with van der Waals surface area (Å²) in [6, 6.07) is 0. The van der Waals surface area contributed by atoms with E-state index in [1.54, 1.807) is 0 Å². The molecular formula is C5HCl2N2-. The highest BCUT2D eigenvalue weighted by Gasteiger charge is 2.07. The smallest absolute Gasteiger partial charge is 0.149 e. The predicted octanol–water partition coefficient (Wildman–Crippen LogP) is 1.88. The summed E-state index contributed by atoms with van der Waals surface area (Å²) >= 11 is 10.9. The van der Waals surface area contributed by atoms with Crippen molar-refractivity contribution in [1.82, 2.24) is 0 Å². The van der Waals surface area contributed by atoms with Gasteiger partial charge in [-0.1, -0.05) is 23.2 Å². The molecule has 0 aromatic rings. The van der Waals surface area contributed by atoms with E-state index in [1.807, 2.05) is 5.87 Å². The van der Waals surface area contributed by atoms with Gasteiger partial charge in [-0.3, -0.25) is 0 Å². The summed E-state index contributed by atoms with van der Waals surface area (Å²) in [5.41, 5.74) is 0.255. The maximum Gasteiger partial charge on any atom is 0.149 e. The molecule has 0 aromatic heterocycles. The minimum Gasteiger partial charge on any atom is -0.761 e. The molecule has 0 fully saturated rings. The normalized spacial score (nSPS) is 16.9. The van der Waals surface area contributed by atoms with Gasteiger partial charge in [0.05, 0.1) is 10.7 Å². The molecular weight excluding hydrogens is 159 g/mol. The third-order valence-corrected chi connectivity index (χ3v) is 1.47. The van der Waals surface area contributed by atoms with Crippen LogP contribution in [0.3, 0.4) is 0 Å². The van der Waals surface area contributed by atoms with Crippen molar-refractivity contribution in [3.8, 4) is 0 Å². The van der Waals surface area contributed by atoms with Crippen LogP contribution in [-0.2, 0) is 0 Å². The number of allylic oxidation sites excluding steroid dienone is 2. The molecule has 4 heteroatoms. The summed E-state index contributed by atoms with van der Waals surface area (Å²) in [7, 11) is 0. The largest absolute Gasteiger partial charge is 0.761 e. The van der Waals surface area contributed by atoms with E-state index in [0.717, 1.165) is 0 Å². The van der Waals surface area contributed by atoms with Gasteiger partial charge < -0.3 is 5.41 Å². The molecule has 0 unspecified atom stereocenters. The average Bonchev–Trinajstić information content (AvgIpc) is 2.13. The molecule has 1 aliphatic heterocycles. The highest BCUT2D eigenvalue weighted by atomic mass is 35.5. The molecule has 0 N–H and O–H groups in total. The van der Waals surface area contributed by atoms with Crippen LogP contribution < -0.4 is 0 Å². The molecule has 0 atom stereocenters. The molecule has 0 bridgehead atoms. The van der Waals surface area contributed by atoms with Gasteiger partial charge in [-0.05, 0) is 6.08 Å². The Morgan fingerprint density at radius 1 is 1.56 bits per heavy atom. The summed E-state index contributed by atoms with van der Waals surface area (Å²) in [5, 5.41) is 8.76. The molecule has 0 aromatic carbocycles. The zero-order valence-corrected chi connectivity index (χ0v) is 5.74. The van der Waals surface area contributed by atoms with Crippen molar-refractivity contribution < 1.29 is 0 Å². The van der Waals surface area contributed by atoms with Crippen LogP contribution in [0.15, 0.2) is 21.8 Å². The lowest BCUT2D eigenvalue weighted by atomic mass is 10.5. The molecule has 2 nitrogen and oxygen atoms in total. The highest BCUT2D eigenvalue weighted by Crippen LogP contribution is 2.19. The van der Waals surface area contributed by atoms with E-state index < -0.39 is 0 Å². The average molecular weight is 160 g/mol. The third kappa shape index (κ3) is 1.22. The Hall–Kier alpha value is -0.560. The SMILES string of the molecule is [N-]=C=C1C=C(Cl)C(Cl)=N1. The van der Waals surface area contributed by atoms with E-state index in [0.29, 0.717) is 5.03 Å². The first-order valence-corrected chi connectivity index (χ1v) is 2.88. The monoisotopic (exact) mass is 159 g/mol. The van der Waals surface area contributed by atoms with Crippen LogP contribution >= 0.6 is 23.2 Å². The Morgan fingerprint density at radius 2 is 2.22 bits per heavy atom. The molecule has 9 heavy (non-hydrogen) atoms. The van der Waals surface area contributed by atoms with E-state index in [1.165, 1.54) is 6.08 Å². The van der Waals surface area contributed by atoms with Crippen molar-refractivity contribution in [3.63, 3.8) is 0 Å². The lowest BCUT2D eigenvalue weighted by Crippen LogP contribution is -1.76. The van der Waals surface area contributed by atoms with Gasteiger partial charge >= 0.3 is 0 Å². The second-order valence-electron chi connectivity index (χ2n) is 1.39. The first-order chi connectivity index (χ1) is 4.24. The fourth-order valence-electron chi connectivity index (χ4n) is 0.428. The van der Waals surface area contributed by atoms with Gasteiger partial charge in [-0.15, -0.1) is 0 Å². The van der Waals surface area contributed by atoms with Crippen molar-refractivity contribution in [2.75, 3.05) is 0 Å². The van der Waals surface area contributed by atoms with Gasteiger partial charge in [0.2, 0.25) is 0 Å². The fourth-order valence-corrected chi connectivity index (χ4v) is 0.720. The number of hydrogen-bond donors (Lipinski definition) is 0. The topological polar surface area (TPSA) is 34.7 Å². The maximum absolute atomic E-state index is 8.25. The van der Waals surface area contributed by atoms with Crippen molar-refractivity contribution in [3.05, 3.63) is 22.2 Å². The molecule has 1 heterocycles. The molecule has 0 saturated carbocycles. The van der Waals surface area contributed by atoms with Gasteiger partial charge in [0.25, 0.3) is 0 Å². The van der Waals surface area contributed by atoms with E-state index in [-0.39, 0.29) is 10.9 Å². The van der Waals surface area contributed by atoms with Crippen molar-refractivity contribution in [2.24, 2.45) is 4.99 Å². The zero-order chi connectivity index (χ0) is 6.85. The van der Waals surface area contributed by atoms with Crippen LogP contribution in [0.25, 0.3) is 5.41 Å². The summed E-state index contributed by atoms with van der Waals surface area (Å²) in [5.74, 6) is 1.81. The van der Waals surface area contributed by atoms with Crippen LogP contribution in [-0.4, -0.2) is 11.0 Å². The van der Waals surface area contributed by atoms with Crippen LogP contribution in [0.4, 0.5) is 0 Å². The lowest BCUT2D eigenvalue weighted by Gasteiger charge is -1.79. The predicted molar refractivity (Wildman–Crippen MR) is 39.1 cm³/mol. The zero-order valence-electron chi connectivity index (χ0n) is 4.23. The molecule has 1 aliphatic rings. The lowest BCUT2D eigenvalue weighted by molar-refractivity contribution is 1.52. The van der Waals surface area contributed by atoms with Gasteiger partial charge in [0, 0.05) is 0 Å². The van der Waals surface area contributed by atoms with E-state index in [9.17, 15) is 0 Å². The van der Waals surface area contributed by atoms with Gasteiger partial charge in [-0.25, -0.2) is 10.9 Å². The second-order valence-corrected chi connectivity index (χ2v) is 2.16. The number of rotatable bonds is 0. The number of nitrogens with zero attached hydrogens (tertiary/aromatic N) is 2. The number of hydrogen-bond acceptors (Lipinski definition) is 1. The molecule has 1 rings (SSSR count). The highest BCUT2D eigenvalue weighted by molar-refractivity contribution is 6.76. The molecule has 0 saturated heterocycles. The van der Waals surface area contributed by atoms with E-state index in [4.69, 9.17) is 28.6 Å². The van der Waals surface area contributed by atoms with Crippen LogP contribution in [0.1, 0.15) is 0 Å². The Morgan fingerprint density at radius 3 is 2.44 bits per heavy atom. The first kappa shape index (κ1) is 6.56. The van der Waals surface area contributed by atoms with Crippen LogP contribution in [0, 0.1) is 0 Å². The van der Waals surface area contributed by atoms with E-state index >= 15 is 0 Å². The summed E-state index contributed by atoms with van der Waals surface area (Å²) in [4.78, 5) is 3.60. The Kier molecular flexibility index (Phi) is 1.72. The van der Waals surface area contributed by atoms with Gasteiger partial charge in [0.15, 0.2) is 0 Å². The molecule has 0 aliphatic carbocycles. The maximum atomic E-state index is 8.25.